The van der Waals surface area contributed by atoms with Gasteiger partial charge in [0.25, 0.3) is 0 Å². The first-order valence-corrected chi connectivity index (χ1v) is 3.57. The maximum atomic E-state index is 5.73. The average Bonchev–Trinajstić information content (AvgIpc) is 1.59. The van der Waals surface area contributed by atoms with Crippen LogP contribution in [0.1, 0.15) is 27.7 Å². The van der Waals surface area contributed by atoms with Crippen LogP contribution in [0.3, 0.4) is 0 Å². The second-order valence-corrected chi connectivity index (χ2v) is 2.84. The first kappa shape index (κ1) is 9.66. The van der Waals surface area contributed by atoms with E-state index in [4.69, 9.17) is 10.5 Å². The number of hydrogen-bond donors (Lipinski definition) is 1. The fourth-order valence-corrected chi connectivity index (χ4v) is 0.926. The summed E-state index contributed by atoms with van der Waals surface area (Å²) in [6, 6.07) is 0. The summed E-state index contributed by atoms with van der Waals surface area (Å²) < 4.78 is 5.24. The molecule has 0 aliphatic heterocycles. The molecule has 0 saturated heterocycles. The van der Waals surface area contributed by atoms with Crippen LogP contribution >= 0.6 is 0 Å². The molecule has 2 heteroatoms. The van der Waals surface area contributed by atoms with Crippen molar-refractivity contribution >= 4 is 0 Å². The lowest BCUT2D eigenvalue weighted by atomic mass is 10.2. The summed E-state index contributed by atoms with van der Waals surface area (Å²) in [5.41, 5.74) is 6.32. The molecule has 0 rings (SSSR count). The van der Waals surface area contributed by atoms with Gasteiger partial charge in [-0.2, -0.15) is 0 Å². The summed E-state index contributed by atoms with van der Waals surface area (Å²) in [7, 11) is 0. The van der Waals surface area contributed by atoms with Crippen LogP contribution < -0.4 is 5.73 Å². The molecule has 0 aromatic heterocycles. The zero-order valence-electron chi connectivity index (χ0n) is 7.27. The standard InChI is InChI=1S/C8H17NO/c1-5-10-8(4,9)6-7(2)3/h6H,5,9H2,1-4H3. The lowest BCUT2D eigenvalue weighted by Crippen LogP contribution is -2.37. The summed E-state index contributed by atoms with van der Waals surface area (Å²) in [6.45, 7) is 8.44. The molecule has 60 valence electrons. The molecule has 0 bridgehead atoms. The average molecular weight is 143 g/mol. The largest absolute Gasteiger partial charge is 0.358 e. The molecule has 0 amide bonds. The Morgan fingerprint density at radius 2 is 2.10 bits per heavy atom. The van der Waals surface area contributed by atoms with E-state index >= 15 is 0 Å². The van der Waals surface area contributed by atoms with Gasteiger partial charge in [-0.05, 0) is 33.8 Å². The predicted molar refractivity (Wildman–Crippen MR) is 43.6 cm³/mol. The van der Waals surface area contributed by atoms with Gasteiger partial charge in [0.2, 0.25) is 0 Å². The highest BCUT2D eigenvalue weighted by atomic mass is 16.5. The maximum Gasteiger partial charge on any atom is 0.133 e. The molecular formula is C8H17NO. The topological polar surface area (TPSA) is 35.2 Å². The van der Waals surface area contributed by atoms with Gasteiger partial charge in [0.1, 0.15) is 5.72 Å². The number of ether oxygens (including phenoxy) is 1. The van der Waals surface area contributed by atoms with Gasteiger partial charge in [-0.3, -0.25) is 0 Å². The van der Waals surface area contributed by atoms with Crippen LogP contribution in [0, 0.1) is 0 Å². The van der Waals surface area contributed by atoms with Crippen molar-refractivity contribution < 1.29 is 4.74 Å². The van der Waals surface area contributed by atoms with Crippen molar-refractivity contribution in [3.63, 3.8) is 0 Å². The fraction of sp³-hybridized carbons (Fsp3) is 0.750. The maximum absolute atomic E-state index is 5.73. The molecule has 0 radical (unpaired) electrons. The smallest absolute Gasteiger partial charge is 0.133 e. The Morgan fingerprint density at radius 3 is 2.40 bits per heavy atom. The highest BCUT2D eigenvalue weighted by molar-refractivity contribution is 5.03. The Kier molecular flexibility index (Phi) is 3.61. The molecule has 0 aromatic rings. The predicted octanol–water partition coefficient (Wildman–Crippen LogP) is 1.66. The molecule has 0 aromatic carbocycles. The van der Waals surface area contributed by atoms with Crippen molar-refractivity contribution in [1.29, 1.82) is 0 Å². The van der Waals surface area contributed by atoms with E-state index in [-0.39, 0.29) is 0 Å². The molecule has 1 unspecified atom stereocenters. The van der Waals surface area contributed by atoms with Gasteiger partial charge in [-0.15, -0.1) is 0 Å². The Balaban J connectivity index is 3.98. The molecule has 1 atom stereocenters. The van der Waals surface area contributed by atoms with Crippen LogP contribution in [0.5, 0.6) is 0 Å². The van der Waals surface area contributed by atoms with E-state index in [1.807, 2.05) is 33.8 Å². The third kappa shape index (κ3) is 4.53. The van der Waals surface area contributed by atoms with Gasteiger partial charge < -0.3 is 10.5 Å². The minimum Gasteiger partial charge on any atom is -0.358 e. The Bertz CT molecular complexity index is 123. The van der Waals surface area contributed by atoms with Crippen molar-refractivity contribution in [1.82, 2.24) is 0 Å². The fourth-order valence-electron chi connectivity index (χ4n) is 0.926. The molecule has 10 heavy (non-hydrogen) atoms. The summed E-state index contributed by atoms with van der Waals surface area (Å²) in [5.74, 6) is 0. The third-order valence-corrected chi connectivity index (χ3v) is 1.03. The summed E-state index contributed by atoms with van der Waals surface area (Å²) in [4.78, 5) is 0. The molecule has 0 saturated carbocycles. The highest BCUT2D eigenvalue weighted by Gasteiger charge is 2.12. The van der Waals surface area contributed by atoms with E-state index in [0.717, 1.165) is 0 Å². The van der Waals surface area contributed by atoms with Gasteiger partial charge in [-0.25, -0.2) is 0 Å². The van der Waals surface area contributed by atoms with Gasteiger partial charge in [0, 0.05) is 6.61 Å². The van der Waals surface area contributed by atoms with Crippen LogP contribution in [0.4, 0.5) is 0 Å². The second kappa shape index (κ2) is 3.74. The zero-order valence-corrected chi connectivity index (χ0v) is 7.27. The summed E-state index contributed by atoms with van der Waals surface area (Å²) >= 11 is 0. The summed E-state index contributed by atoms with van der Waals surface area (Å²) in [6.07, 6.45) is 1.91. The number of allylic oxidation sites excluding steroid dienone is 1. The first-order chi connectivity index (χ1) is 4.48. The van der Waals surface area contributed by atoms with Crippen LogP contribution in [0.25, 0.3) is 0 Å². The molecule has 2 N–H and O–H groups in total. The Morgan fingerprint density at radius 1 is 1.60 bits per heavy atom. The quantitative estimate of drug-likeness (QED) is 0.481. The van der Waals surface area contributed by atoms with Crippen LogP contribution in [0.2, 0.25) is 0 Å². The molecule has 0 aliphatic rings. The van der Waals surface area contributed by atoms with Gasteiger partial charge in [-0.1, -0.05) is 5.57 Å². The van der Waals surface area contributed by atoms with Gasteiger partial charge in [0.05, 0.1) is 0 Å². The highest BCUT2D eigenvalue weighted by Crippen LogP contribution is 2.06. The Hall–Kier alpha value is -0.340. The van der Waals surface area contributed by atoms with Crippen molar-refractivity contribution in [3.05, 3.63) is 11.6 Å². The van der Waals surface area contributed by atoms with E-state index in [1.165, 1.54) is 5.57 Å². The van der Waals surface area contributed by atoms with Crippen molar-refractivity contribution in [3.8, 4) is 0 Å². The normalized spacial score (nSPS) is 16.1. The van der Waals surface area contributed by atoms with Gasteiger partial charge in [0.15, 0.2) is 0 Å². The minimum atomic E-state index is -0.590. The van der Waals surface area contributed by atoms with E-state index in [0.29, 0.717) is 6.61 Å². The van der Waals surface area contributed by atoms with Crippen LogP contribution in [0.15, 0.2) is 11.6 Å². The van der Waals surface area contributed by atoms with E-state index in [1.54, 1.807) is 0 Å². The van der Waals surface area contributed by atoms with Crippen molar-refractivity contribution in [2.45, 2.75) is 33.4 Å². The van der Waals surface area contributed by atoms with Crippen molar-refractivity contribution in [2.75, 3.05) is 6.61 Å². The molecule has 0 aliphatic carbocycles. The Labute approximate surface area is 63.1 Å². The van der Waals surface area contributed by atoms with E-state index < -0.39 is 5.72 Å². The van der Waals surface area contributed by atoms with Crippen molar-refractivity contribution in [2.24, 2.45) is 5.73 Å². The molecule has 0 fully saturated rings. The first-order valence-electron chi connectivity index (χ1n) is 3.57. The molecular weight excluding hydrogens is 126 g/mol. The number of rotatable bonds is 3. The second-order valence-electron chi connectivity index (χ2n) is 2.84. The lowest BCUT2D eigenvalue weighted by molar-refractivity contribution is 0.0183. The van der Waals surface area contributed by atoms with Crippen LogP contribution in [-0.4, -0.2) is 12.3 Å². The number of nitrogens with two attached hydrogens (primary N) is 1. The van der Waals surface area contributed by atoms with Gasteiger partial charge >= 0.3 is 0 Å². The van der Waals surface area contributed by atoms with E-state index in [2.05, 4.69) is 0 Å². The molecule has 0 spiro atoms. The summed E-state index contributed by atoms with van der Waals surface area (Å²) in [5, 5.41) is 0. The molecule has 0 heterocycles. The molecule has 2 nitrogen and oxygen atoms in total. The monoisotopic (exact) mass is 143 g/mol. The third-order valence-electron chi connectivity index (χ3n) is 1.03. The van der Waals surface area contributed by atoms with Crippen LogP contribution in [-0.2, 0) is 4.74 Å². The van der Waals surface area contributed by atoms with E-state index in [9.17, 15) is 0 Å². The lowest BCUT2D eigenvalue weighted by Gasteiger charge is -2.20. The SMILES string of the molecule is CCOC(C)(N)C=C(C)C. The number of hydrogen-bond acceptors (Lipinski definition) is 2. The zero-order chi connectivity index (χ0) is 8.20. The minimum absolute atomic E-state index is 0.590.